The monoisotopic (exact) mass is 241 g/mol. The van der Waals surface area contributed by atoms with Crippen LogP contribution in [0.25, 0.3) is 0 Å². The summed E-state index contributed by atoms with van der Waals surface area (Å²) in [6, 6.07) is 0.163. The summed E-state index contributed by atoms with van der Waals surface area (Å²) in [5.41, 5.74) is 0. The third-order valence-corrected chi connectivity index (χ3v) is 3.39. The molecule has 2 N–H and O–H groups in total. The van der Waals surface area contributed by atoms with Crippen LogP contribution >= 0.6 is 0 Å². The lowest BCUT2D eigenvalue weighted by Crippen LogP contribution is -2.42. The van der Waals surface area contributed by atoms with Gasteiger partial charge >= 0.3 is 5.97 Å². The topological polar surface area (TPSA) is 75.6 Å². The summed E-state index contributed by atoms with van der Waals surface area (Å²) < 4.78 is 5.67. The molecule has 2 atom stereocenters. The third kappa shape index (κ3) is 4.00. The molecule has 0 aromatic heterocycles. The van der Waals surface area contributed by atoms with E-state index in [-0.39, 0.29) is 24.8 Å². The quantitative estimate of drug-likeness (QED) is 0.750. The Labute approximate surface area is 101 Å². The van der Waals surface area contributed by atoms with Crippen molar-refractivity contribution in [3.05, 3.63) is 0 Å². The predicted molar refractivity (Wildman–Crippen MR) is 60.5 cm³/mol. The Bertz CT molecular complexity index is 301. The SMILES string of the molecule is O=C(O)CCC(=O)NC1CCOC(C2CC2)C1. The lowest BCUT2D eigenvalue weighted by atomic mass is 10.00. The maximum atomic E-state index is 11.5. The number of carbonyl (C=O) groups excluding carboxylic acids is 1. The van der Waals surface area contributed by atoms with Crippen LogP contribution < -0.4 is 5.32 Å². The van der Waals surface area contributed by atoms with Crippen LogP contribution in [0.2, 0.25) is 0 Å². The summed E-state index contributed by atoms with van der Waals surface area (Å²) in [5.74, 6) is -0.398. The Hall–Kier alpha value is -1.10. The highest BCUT2D eigenvalue weighted by Crippen LogP contribution is 2.38. The number of carbonyl (C=O) groups is 2. The van der Waals surface area contributed by atoms with Crippen LogP contribution in [0.5, 0.6) is 0 Å². The van der Waals surface area contributed by atoms with Gasteiger partial charge < -0.3 is 15.2 Å². The molecule has 0 aromatic rings. The Kier molecular flexibility index (Phi) is 3.99. The average Bonchev–Trinajstić information content (AvgIpc) is 3.10. The Morgan fingerprint density at radius 2 is 2.00 bits per heavy atom. The fraction of sp³-hybridized carbons (Fsp3) is 0.833. The van der Waals surface area contributed by atoms with Crippen molar-refractivity contribution in [1.29, 1.82) is 0 Å². The standard InChI is InChI=1S/C12H19NO4/c14-11(3-4-12(15)16)13-9-5-6-17-10(7-9)8-1-2-8/h8-10H,1-7H2,(H,13,14)(H,15,16). The van der Waals surface area contributed by atoms with Crippen LogP contribution in [0.3, 0.4) is 0 Å². The maximum Gasteiger partial charge on any atom is 0.303 e. The van der Waals surface area contributed by atoms with E-state index in [2.05, 4.69) is 5.32 Å². The zero-order valence-corrected chi connectivity index (χ0v) is 9.85. The molecule has 0 spiro atoms. The van der Waals surface area contributed by atoms with Gasteiger partial charge in [-0.05, 0) is 31.6 Å². The Balaban J connectivity index is 1.70. The number of nitrogens with one attached hydrogen (secondary N) is 1. The van der Waals surface area contributed by atoms with Gasteiger partial charge in [0.1, 0.15) is 0 Å². The molecule has 2 rings (SSSR count). The smallest absolute Gasteiger partial charge is 0.303 e. The van der Waals surface area contributed by atoms with Crippen LogP contribution in [-0.4, -0.2) is 35.7 Å². The van der Waals surface area contributed by atoms with Crippen molar-refractivity contribution in [3.63, 3.8) is 0 Å². The number of hydrogen-bond donors (Lipinski definition) is 2. The molecule has 96 valence electrons. The normalized spacial score (nSPS) is 28.7. The molecule has 5 nitrogen and oxygen atoms in total. The van der Waals surface area contributed by atoms with Gasteiger partial charge in [0.2, 0.25) is 5.91 Å². The molecule has 0 radical (unpaired) electrons. The Morgan fingerprint density at radius 1 is 1.24 bits per heavy atom. The van der Waals surface area contributed by atoms with Gasteiger partial charge in [-0.25, -0.2) is 0 Å². The molecule has 5 heteroatoms. The van der Waals surface area contributed by atoms with Gasteiger partial charge in [0.05, 0.1) is 12.5 Å². The minimum Gasteiger partial charge on any atom is -0.481 e. The summed E-state index contributed by atoms with van der Waals surface area (Å²) in [7, 11) is 0. The van der Waals surface area contributed by atoms with E-state index < -0.39 is 5.97 Å². The number of hydrogen-bond acceptors (Lipinski definition) is 3. The molecule has 1 aliphatic carbocycles. The van der Waals surface area contributed by atoms with Gasteiger partial charge in [-0.1, -0.05) is 0 Å². The zero-order chi connectivity index (χ0) is 12.3. The largest absolute Gasteiger partial charge is 0.481 e. The second-order valence-electron chi connectivity index (χ2n) is 4.93. The van der Waals surface area contributed by atoms with E-state index in [9.17, 15) is 9.59 Å². The van der Waals surface area contributed by atoms with Crippen LogP contribution in [0.4, 0.5) is 0 Å². The molecule has 2 fully saturated rings. The van der Waals surface area contributed by atoms with E-state index in [4.69, 9.17) is 9.84 Å². The molecule has 1 aliphatic heterocycles. The number of amides is 1. The molecule has 0 aromatic carbocycles. The van der Waals surface area contributed by atoms with Gasteiger partial charge in [0.15, 0.2) is 0 Å². The van der Waals surface area contributed by atoms with E-state index in [0.717, 1.165) is 12.8 Å². The first kappa shape index (κ1) is 12.4. The van der Waals surface area contributed by atoms with E-state index in [0.29, 0.717) is 18.6 Å². The third-order valence-electron chi connectivity index (χ3n) is 3.39. The number of carboxylic acid groups (broad SMARTS) is 1. The highest BCUT2D eigenvalue weighted by Gasteiger charge is 2.36. The molecule has 1 amide bonds. The summed E-state index contributed by atoms with van der Waals surface area (Å²) >= 11 is 0. The second-order valence-corrected chi connectivity index (χ2v) is 4.93. The van der Waals surface area contributed by atoms with E-state index in [1.807, 2.05) is 0 Å². The minimum absolute atomic E-state index is 0.0702. The maximum absolute atomic E-state index is 11.5. The number of ether oxygens (including phenoxy) is 1. The highest BCUT2D eigenvalue weighted by atomic mass is 16.5. The molecule has 1 saturated heterocycles. The fourth-order valence-corrected chi connectivity index (χ4v) is 2.28. The average molecular weight is 241 g/mol. The van der Waals surface area contributed by atoms with Gasteiger partial charge in [-0.15, -0.1) is 0 Å². The fourth-order valence-electron chi connectivity index (χ4n) is 2.28. The molecule has 1 saturated carbocycles. The molecule has 1 heterocycles. The summed E-state index contributed by atoms with van der Waals surface area (Å²) in [6.07, 6.45) is 4.47. The zero-order valence-electron chi connectivity index (χ0n) is 9.85. The summed E-state index contributed by atoms with van der Waals surface area (Å²) in [4.78, 5) is 21.8. The van der Waals surface area contributed by atoms with Crippen molar-refractivity contribution < 1.29 is 19.4 Å². The molecular formula is C12H19NO4. The first-order chi connectivity index (χ1) is 8.15. The number of rotatable bonds is 5. The van der Waals surface area contributed by atoms with Crippen LogP contribution in [0, 0.1) is 5.92 Å². The van der Waals surface area contributed by atoms with Crippen LogP contribution in [0.15, 0.2) is 0 Å². The van der Waals surface area contributed by atoms with Crippen LogP contribution in [0.1, 0.15) is 38.5 Å². The first-order valence-electron chi connectivity index (χ1n) is 6.28. The van der Waals surface area contributed by atoms with Crippen molar-refractivity contribution in [2.75, 3.05) is 6.61 Å². The van der Waals surface area contributed by atoms with Crippen molar-refractivity contribution in [1.82, 2.24) is 5.32 Å². The van der Waals surface area contributed by atoms with E-state index in [1.54, 1.807) is 0 Å². The summed E-state index contributed by atoms with van der Waals surface area (Å²) in [6.45, 7) is 0.699. The predicted octanol–water partition coefficient (Wildman–Crippen LogP) is 0.925. The molecule has 17 heavy (non-hydrogen) atoms. The second kappa shape index (κ2) is 5.49. The van der Waals surface area contributed by atoms with Crippen molar-refractivity contribution in [2.24, 2.45) is 5.92 Å². The molecule has 2 unspecified atom stereocenters. The Morgan fingerprint density at radius 3 is 2.65 bits per heavy atom. The lowest BCUT2D eigenvalue weighted by molar-refractivity contribution is -0.139. The lowest BCUT2D eigenvalue weighted by Gasteiger charge is -2.30. The van der Waals surface area contributed by atoms with Gasteiger partial charge in [0.25, 0.3) is 0 Å². The van der Waals surface area contributed by atoms with Gasteiger partial charge in [-0.2, -0.15) is 0 Å². The minimum atomic E-state index is -0.928. The van der Waals surface area contributed by atoms with Crippen molar-refractivity contribution in [2.45, 2.75) is 50.7 Å². The van der Waals surface area contributed by atoms with Crippen molar-refractivity contribution >= 4 is 11.9 Å². The summed E-state index contributed by atoms with van der Waals surface area (Å²) in [5, 5.41) is 11.4. The molecular weight excluding hydrogens is 222 g/mol. The van der Waals surface area contributed by atoms with Gasteiger partial charge in [-0.3, -0.25) is 9.59 Å². The molecule has 2 aliphatic rings. The van der Waals surface area contributed by atoms with Crippen molar-refractivity contribution in [3.8, 4) is 0 Å². The van der Waals surface area contributed by atoms with E-state index in [1.165, 1.54) is 12.8 Å². The number of aliphatic carboxylic acids is 1. The number of carboxylic acids is 1. The van der Waals surface area contributed by atoms with Crippen LogP contribution in [-0.2, 0) is 14.3 Å². The van der Waals surface area contributed by atoms with Gasteiger partial charge in [0, 0.05) is 19.1 Å². The highest BCUT2D eigenvalue weighted by molar-refractivity contribution is 5.80. The first-order valence-corrected chi connectivity index (χ1v) is 6.28. The molecule has 0 bridgehead atoms. The van der Waals surface area contributed by atoms with E-state index >= 15 is 0 Å².